The summed E-state index contributed by atoms with van der Waals surface area (Å²) in [7, 11) is 0. The maximum Gasteiger partial charge on any atom is 0.341 e. The highest BCUT2D eigenvalue weighted by molar-refractivity contribution is 5.93. The molecule has 114 valence electrons. The molecule has 2 aromatic rings. The van der Waals surface area contributed by atoms with Gasteiger partial charge in [0.1, 0.15) is 5.82 Å². The fraction of sp³-hybridized carbons (Fsp3) is 0.176. The lowest BCUT2D eigenvalue weighted by molar-refractivity contribution is -0.114. The van der Waals surface area contributed by atoms with Crippen molar-refractivity contribution in [3.8, 4) is 0 Å². The van der Waals surface area contributed by atoms with E-state index >= 15 is 0 Å². The van der Waals surface area contributed by atoms with E-state index in [9.17, 15) is 14.0 Å². The Kier molecular flexibility index (Phi) is 5.25. The van der Waals surface area contributed by atoms with Crippen molar-refractivity contribution in [1.29, 1.82) is 0 Å². The highest BCUT2D eigenvalue weighted by Crippen LogP contribution is 2.16. The van der Waals surface area contributed by atoms with Gasteiger partial charge in [-0.1, -0.05) is 30.3 Å². The van der Waals surface area contributed by atoms with Gasteiger partial charge in [-0.3, -0.25) is 4.79 Å². The van der Waals surface area contributed by atoms with Gasteiger partial charge in [0.05, 0.1) is 12.2 Å². The first-order valence-electron chi connectivity index (χ1n) is 6.84. The molecule has 0 atom stereocenters. The molecule has 0 unspecified atom stereocenters. The van der Waals surface area contributed by atoms with Gasteiger partial charge in [0.2, 0.25) is 5.91 Å². The molecule has 4 nitrogen and oxygen atoms in total. The van der Waals surface area contributed by atoms with Gasteiger partial charge in [-0.25, -0.2) is 9.18 Å². The van der Waals surface area contributed by atoms with Crippen LogP contribution in [0.15, 0.2) is 48.5 Å². The standard InChI is InChI=1S/C17H16FNO3/c1-12(20)19-14-7-8-16(18)15(11-14)17(21)22-10-9-13-5-3-2-4-6-13/h2-8,11H,9-10H2,1H3,(H,19,20). The van der Waals surface area contributed by atoms with Crippen molar-refractivity contribution in [2.24, 2.45) is 0 Å². The summed E-state index contributed by atoms with van der Waals surface area (Å²) < 4.78 is 18.8. The minimum absolute atomic E-state index is 0.159. The van der Waals surface area contributed by atoms with Crippen LogP contribution in [0.4, 0.5) is 10.1 Å². The molecule has 0 radical (unpaired) electrons. The molecule has 0 aliphatic rings. The molecule has 0 bridgehead atoms. The van der Waals surface area contributed by atoms with Gasteiger partial charge < -0.3 is 10.1 Å². The monoisotopic (exact) mass is 301 g/mol. The van der Waals surface area contributed by atoms with Crippen molar-refractivity contribution in [2.45, 2.75) is 13.3 Å². The number of esters is 1. The molecule has 0 spiro atoms. The Balaban J connectivity index is 1.98. The van der Waals surface area contributed by atoms with Gasteiger partial charge in [-0.15, -0.1) is 0 Å². The third-order valence-corrected chi connectivity index (χ3v) is 2.97. The van der Waals surface area contributed by atoms with E-state index in [4.69, 9.17) is 4.74 Å². The largest absolute Gasteiger partial charge is 0.462 e. The van der Waals surface area contributed by atoms with Gasteiger partial charge >= 0.3 is 5.97 Å². The van der Waals surface area contributed by atoms with Crippen LogP contribution in [-0.4, -0.2) is 18.5 Å². The molecule has 0 saturated carbocycles. The lowest BCUT2D eigenvalue weighted by atomic mass is 10.1. The summed E-state index contributed by atoms with van der Waals surface area (Å²) in [6.45, 7) is 1.49. The topological polar surface area (TPSA) is 55.4 Å². The number of carbonyl (C=O) groups is 2. The molecular weight excluding hydrogens is 285 g/mol. The van der Waals surface area contributed by atoms with Crippen molar-refractivity contribution in [3.63, 3.8) is 0 Å². The van der Waals surface area contributed by atoms with Crippen LogP contribution in [0.1, 0.15) is 22.8 Å². The second-order valence-corrected chi connectivity index (χ2v) is 4.75. The molecule has 0 heterocycles. The molecule has 0 aromatic heterocycles. The number of benzene rings is 2. The van der Waals surface area contributed by atoms with Crippen molar-refractivity contribution >= 4 is 17.6 Å². The average molecular weight is 301 g/mol. The van der Waals surface area contributed by atoms with Crippen molar-refractivity contribution in [3.05, 3.63) is 65.5 Å². The number of nitrogens with one attached hydrogen (secondary N) is 1. The van der Waals surface area contributed by atoms with Crippen molar-refractivity contribution < 1.29 is 18.7 Å². The smallest absolute Gasteiger partial charge is 0.341 e. The molecule has 22 heavy (non-hydrogen) atoms. The first kappa shape index (κ1) is 15.7. The summed E-state index contributed by atoms with van der Waals surface area (Å²) in [5.41, 5.74) is 1.19. The van der Waals surface area contributed by atoms with Crippen molar-refractivity contribution in [2.75, 3.05) is 11.9 Å². The van der Waals surface area contributed by atoms with Gasteiger partial charge in [0.25, 0.3) is 0 Å². The van der Waals surface area contributed by atoms with E-state index in [1.54, 1.807) is 0 Å². The Bertz CT molecular complexity index is 671. The average Bonchev–Trinajstić information content (AvgIpc) is 2.49. The van der Waals surface area contributed by atoms with Crippen LogP contribution < -0.4 is 5.32 Å². The predicted octanol–water partition coefficient (Wildman–Crippen LogP) is 3.18. The van der Waals surface area contributed by atoms with Crippen LogP contribution in [0.5, 0.6) is 0 Å². The Hall–Kier alpha value is -2.69. The van der Waals surface area contributed by atoms with Crippen LogP contribution in [-0.2, 0) is 16.0 Å². The highest BCUT2D eigenvalue weighted by Gasteiger charge is 2.14. The minimum Gasteiger partial charge on any atom is -0.462 e. The summed E-state index contributed by atoms with van der Waals surface area (Å²) in [6, 6.07) is 13.3. The Labute approximate surface area is 127 Å². The molecule has 0 aliphatic heterocycles. The van der Waals surface area contributed by atoms with Gasteiger partial charge in [-0.2, -0.15) is 0 Å². The van der Waals surface area contributed by atoms with E-state index in [1.165, 1.54) is 19.1 Å². The third-order valence-electron chi connectivity index (χ3n) is 2.97. The highest BCUT2D eigenvalue weighted by atomic mass is 19.1. The summed E-state index contributed by atoms with van der Waals surface area (Å²) in [5, 5.41) is 2.50. The zero-order chi connectivity index (χ0) is 15.9. The Morgan fingerprint density at radius 2 is 1.86 bits per heavy atom. The number of amides is 1. The molecule has 0 fully saturated rings. The van der Waals surface area contributed by atoms with Gasteiger partial charge in [0, 0.05) is 19.0 Å². The van der Waals surface area contributed by atoms with E-state index in [-0.39, 0.29) is 18.1 Å². The number of ether oxygens (including phenoxy) is 1. The lowest BCUT2D eigenvalue weighted by Gasteiger charge is -2.08. The second-order valence-electron chi connectivity index (χ2n) is 4.75. The van der Waals surface area contributed by atoms with E-state index < -0.39 is 11.8 Å². The van der Waals surface area contributed by atoms with E-state index in [1.807, 2.05) is 30.3 Å². The van der Waals surface area contributed by atoms with Crippen LogP contribution >= 0.6 is 0 Å². The summed E-state index contributed by atoms with van der Waals surface area (Å²) in [6.07, 6.45) is 0.555. The lowest BCUT2D eigenvalue weighted by Crippen LogP contribution is -2.12. The zero-order valence-electron chi connectivity index (χ0n) is 12.1. The summed E-state index contributed by atoms with van der Waals surface area (Å²) >= 11 is 0. The maximum atomic E-state index is 13.7. The normalized spacial score (nSPS) is 10.1. The number of hydrogen-bond acceptors (Lipinski definition) is 3. The molecule has 2 rings (SSSR count). The number of hydrogen-bond donors (Lipinski definition) is 1. The molecule has 1 N–H and O–H groups in total. The van der Waals surface area contributed by atoms with E-state index in [0.29, 0.717) is 12.1 Å². The summed E-state index contributed by atoms with van der Waals surface area (Å²) in [5.74, 6) is -1.73. The zero-order valence-corrected chi connectivity index (χ0v) is 12.1. The number of rotatable bonds is 5. The van der Waals surface area contributed by atoms with E-state index in [2.05, 4.69) is 5.32 Å². The predicted molar refractivity (Wildman–Crippen MR) is 81.1 cm³/mol. The minimum atomic E-state index is -0.749. The van der Waals surface area contributed by atoms with Gasteiger partial charge in [0.15, 0.2) is 0 Å². The van der Waals surface area contributed by atoms with Crippen LogP contribution in [0.25, 0.3) is 0 Å². The van der Waals surface area contributed by atoms with Crippen molar-refractivity contribution in [1.82, 2.24) is 0 Å². The SMILES string of the molecule is CC(=O)Nc1ccc(F)c(C(=O)OCCc2ccccc2)c1. The molecule has 0 saturated heterocycles. The first-order valence-corrected chi connectivity index (χ1v) is 6.84. The van der Waals surface area contributed by atoms with Gasteiger partial charge in [-0.05, 0) is 23.8 Å². The summed E-state index contributed by atoms with van der Waals surface area (Å²) in [4.78, 5) is 22.9. The number of anilines is 1. The first-order chi connectivity index (χ1) is 10.6. The van der Waals surface area contributed by atoms with E-state index in [0.717, 1.165) is 11.6 Å². The molecule has 2 aromatic carbocycles. The maximum absolute atomic E-state index is 13.7. The quantitative estimate of drug-likeness (QED) is 0.863. The Morgan fingerprint density at radius 3 is 2.55 bits per heavy atom. The molecular formula is C17H16FNO3. The Morgan fingerprint density at radius 1 is 1.14 bits per heavy atom. The number of halogens is 1. The number of carbonyl (C=O) groups excluding carboxylic acids is 2. The molecule has 1 amide bonds. The fourth-order valence-electron chi connectivity index (χ4n) is 1.95. The van der Waals surface area contributed by atoms with Crippen LogP contribution in [0, 0.1) is 5.82 Å². The van der Waals surface area contributed by atoms with Crippen LogP contribution in [0.2, 0.25) is 0 Å². The molecule has 0 aliphatic carbocycles. The van der Waals surface area contributed by atoms with Crippen LogP contribution in [0.3, 0.4) is 0 Å². The second kappa shape index (κ2) is 7.36. The fourth-order valence-corrected chi connectivity index (χ4v) is 1.95. The third kappa shape index (κ3) is 4.41. The molecule has 5 heteroatoms.